The molecular formula is C18H18N2O4S. The third-order valence-corrected chi connectivity index (χ3v) is 5.22. The smallest absolute Gasteiger partial charge is 0.344 e. The second-order valence-electron chi connectivity index (χ2n) is 5.54. The van der Waals surface area contributed by atoms with Crippen LogP contribution in [0.3, 0.4) is 0 Å². The molecule has 1 aliphatic heterocycles. The van der Waals surface area contributed by atoms with Gasteiger partial charge in [-0.15, -0.1) is 11.8 Å². The Morgan fingerprint density at radius 1 is 1.20 bits per heavy atom. The van der Waals surface area contributed by atoms with Gasteiger partial charge in [-0.25, -0.2) is 4.79 Å². The Bertz CT molecular complexity index is 779. The van der Waals surface area contributed by atoms with Crippen molar-refractivity contribution in [1.82, 2.24) is 0 Å². The van der Waals surface area contributed by atoms with Crippen molar-refractivity contribution in [2.75, 3.05) is 18.6 Å². The minimum atomic E-state index is -0.654. The number of carbonyl (C=O) groups is 2. The Morgan fingerprint density at radius 2 is 1.92 bits per heavy atom. The number of para-hydroxylation sites is 1. The van der Waals surface area contributed by atoms with Crippen LogP contribution in [0.25, 0.3) is 0 Å². The van der Waals surface area contributed by atoms with Gasteiger partial charge in [-0.05, 0) is 36.2 Å². The van der Waals surface area contributed by atoms with Gasteiger partial charge in [0.1, 0.15) is 12.3 Å². The van der Waals surface area contributed by atoms with Crippen molar-refractivity contribution in [3.63, 3.8) is 0 Å². The van der Waals surface area contributed by atoms with Crippen LogP contribution < -0.4 is 15.5 Å². The minimum Gasteiger partial charge on any atom is -0.497 e. The van der Waals surface area contributed by atoms with E-state index < -0.39 is 5.97 Å². The Kier molecular flexibility index (Phi) is 5.25. The highest BCUT2D eigenvalue weighted by Gasteiger charge is 2.34. The zero-order chi connectivity index (χ0) is 17.8. The van der Waals surface area contributed by atoms with E-state index in [0.29, 0.717) is 12.1 Å². The van der Waals surface area contributed by atoms with Crippen LogP contribution in [0, 0.1) is 0 Å². The molecule has 1 aliphatic rings. The summed E-state index contributed by atoms with van der Waals surface area (Å²) in [6.07, 6.45) is 0.552. The third-order valence-electron chi connectivity index (χ3n) is 3.97. The van der Waals surface area contributed by atoms with E-state index in [4.69, 9.17) is 10.6 Å². The van der Waals surface area contributed by atoms with Crippen molar-refractivity contribution in [3.05, 3.63) is 54.1 Å². The summed E-state index contributed by atoms with van der Waals surface area (Å²) in [4.78, 5) is 31.1. The van der Waals surface area contributed by atoms with Crippen LogP contribution in [0.15, 0.2) is 53.4 Å². The van der Waals surface area contributed by atoms with Crippen LogP contribution in [-0.4, -0.2) is 30.8 Å². The summed E-state index contributed by atoms with van der Waals surface area (Å²) in [6, 6.07) is 15.1. The highest BCUT2D eigenvalue weighted by molar-refractivity contribution is 8.01. The zero-order valence-corrected chi connectivity index (χ0v) is 14.5. The summed E-state index contributed by atoms with van der Waals surface area (Å²) in [5.74, 6) is 4.91. The van der Waals surface area contributed by atoms with E-state index in [1.807, 2.05) is 48.5 Å². The molecule has 0 bridgehead atoms. The van der Waals surface area contributed by atoms with Crippen molar-refractivity contribution >= 4 is 29.3 Å². The maximum atomic E-state index is 12.9. The normalized spacial score (nSPS) is 16.3. The summed E-state index contributed by atoms with van der Waals surface area (Å²) in [5, 5.41) is -0.325. The number of nitrogens with two attached hydrogens (primary N) is 1. The highest BCUT2D eigenvalue weighted by Crippen LogP contribution is 2.40. The Hall–Kier alpha value is -2.51. The third kappa shape index (κ3) is 3.78. The van der Waals surface area contributed by atoms with Crippen molar-refractivity contribution in [2.24, 2.45) is 5.90 Å². The molecule has 2 aromatic carbocycles. The number of carbonyl (C=O) groups excluding carboxylic acids is 2. The first kappa shape index (κ1) is 17.3. The van der Waals surface area contributed by atoms with Crippen molar-refractivity contribution in [2.45, 2.75) is 16.6 Å². The lowest BCUT2D eigenvalue weighted by Gasteiger charge is -2.33. The van der Waals surface area contributed by atoms with Gasteiger partial charge in [0.25, 0.3) is 0 Å². The van der Waals surface area contributed by atoms with Crippen molar-refractivity contribution in [3.8, 4) is 5.75 Å². The quantitative estimate of drug-likeness (QED) is 0.825. The summed E-state index contributed by atoms with van der Waals surface area (Å²) in [6.45, 7) is -0.202. The van der Waals surface area contributed by atoms with E-state index >= 15 is 0 Å². The van der Waals surface area contributed by atoms with Crippen LogP contribution in [-0.2, 0) is 20.8 Å². The molecule has 1 heterocycles. The Morgan fingerprint density at radius 3 is 2.60 bits per heavy atom. The number of methoxy groups -OCH3 is 1. The van der Waals surface area contributed by atoms with Crippen molar-refractivity contribution < 1.29 is 19.2 Å². The standard InChI is InChI=1S/C18H18N2O4S/c1-23-13-8-6-12(7-9-13)10-16-18(22)20(11-17(21)24-19)14-4-2-3-5-15(14)25-16/h2-9,16H,10-11,19H2,1H3. The molecular weight excluding hydrogens is 340 g/mol. The number of hydrogen-bond donors (Lipinski definition) is 1. The average Bonchev–Trinajstić information content (AvgIpc) is 2.65. The SMILES string of the molecule is COc1ccc(CC2Sc3ccccc3N(CC(=O)ON)C2=O)cc1. The van der Waals surface area contributed by atoms with Crippen LogP contribution in [0.4, 0.5) is 5.69 Å². The predicted molar refractivity (Wildman–Crippen MR) is 95.4 cm³/mol. The molecule has 25 heavy (non-hydrogen) atoms. The number of benzene rings is 2. The predicted octanol–water partition coefficient (Wildman–Crippen LogP) is 2.16. The lowest BCUT2D eigenvalue weighted by atomic mass is 10.1. The summed E-state index contributed by atoms with van der Waals surface area (Å²) in [5.41, 5.74) is 1.72. The molecule has 2 aromatic rings. The first-order valence-electron chi connectivity index (χ1n) is 7.72. The molecule has 130 valence electrons. The number of thioether (sulfide) groups is 1. The average molecular weight is 358 g/mol. The molecule has 2 N–H and O–H groups in total. The molecule has 7 heteroatoms. The Balaban J connectivity index is 1.85. The van der Waals surface area contributed by atoms with E-state index in [-0.39, 0.29) is 17.7 Å². The molecule has 0 saturated carbocycles. The molecule has 0 saturated heterocycles. The van der Waals surface area contributed by atoms with E-state index in [1.54, 1.807) is 7.11 Å². The fourth-order valence-electron chi connectivity index (χ4n) is 2.71. The number of fused-ring (bicyclic) bond motifs is 1. The minimum absolute atomic E-state index is 0.134. The van der Waals surface area contributed by atoms with Gasteiger partial charge in [-0.1, -0.05) is 24.3 Å². The molecule has 0 aliphatic carbocycles. The molecule has 1 atom stereocenters. The maximum Gasteiger partial charge on any atom is 0.344 e. The molecule has 0 fully saturated rings. The number of nitrogens with zero attached hydrogens (tertiary/aromatic N) is 1. The molecule has 0 radical (unpaired) electrons. The van der Waals surface area contributed by atoms with Crippen LogP contribution >= 0.6 is 11.8 Å². The molecule has 3 rings (SSSR count). The fraction of sp³-hybridized carbons (Fsp3) is 0.222. The molecule has 1 unspecified atom stereocenters. The van der Waals surface area contributed by atoms with Gasteiger partial charge in [0.2, 0.25) is 5.91 Å². The monoisotopic (exact) mass is 358 g/mol. The van der Waals surface area contributed by atoms with Crippen LogP contribution in [0.1, 0.15) is 5.56 Å². The largest absolute Gasteiger partial charge is 0.497 e. The van der Waals surface area contributed by atoms with Crippen LogP contribution in [0.2, 0.25) is 0 Å². The topological polar surface area (TPSA) is 81.9 Å². The lowest BCUT2D eigenvalue weighted by Crippen LogP contribution is -2.45. The first-order valence-corrected chi connectivity index (χ1v) is 8.60. The van der Waals surface area contributed by atoms with Gasteiger partial charge in [-0.2, -0.15) is 5.90 Å². The van der Waals surface area contributed by atoms with Crippen molar-refractivity contribution in [1.29, 1.82) is 0 Å². The second kappa shape index (κ2) is 7.58. The number of amides is 1. The van der Waals surface area contributed by atoms with E-state index in [1.165, 1.54) is 16.7 Å². The van der Waals surface area contributed by atoms with E-state index in [2.05, 4.69) is 4.84 Å². The second-order valence-corrected chi connectivity index (χ2v) is 6.79. The number of rotatable bonds is 5. The lowest BCUT2D eigenvalue weighted by molar-refractivity contribution is -0.143. The highest BCUT2D eigenvalue weighted by atomic mass is 32.2. The molecule has 0 aromatic heterocycles. The molecule has 1 amide bonds. The number of hydrogen-bond acceptors (Lipinski definition) is 6. The fourth-order valence-corrected chi connectivity index (χ4v) is 3.98. The summed E-state index contributed by atoms with van der Waals surface area (Å²) in [7, 11) is 1.61. The Labute approximate surface area is 149 Å². The van der Waals surface area contributed by atoms with Gasteiger partial charge >= 0.3 is 5.97 Å². The number of ether oxygens (including phenoxy) is 1. The summed E-state index contributed by atoms with van der Waals surface area (Å²) >= 11 is 1.50. The van der Waals surface area contributed by atoms with Gasteiger partial charge in [0.15, 0.2) is 0 Å². The maximum absolute atomic E-state index is 12.9. The van der Waals surface area contributed by atoms with E-state index in [0.717, 1.165) is 16.2 Å². The van der Waals surface area contributed by atoms with Gasteiger partial charge in [0, 0.05) is 4.90 Å². The molecule has 6 nitrogen and oxygen atoms in total. The first-order chi connectivity index (χ1) is 12.1. The summed E-state index contributed by atoms with van der Waals surface area (Å²) < 4.78 is 5.16. The van der Waals surface area contributed by atoms with Crippen LogP contribution in [0.5, 0.6) is 5.75 Å². The zero-order valence-electron chi connectivity index (χ0n) is 13.7. The van der Waals surface area contributed by atoms with Gasteiger partial charge < -0.3 is 9.57 Å². The van der Waals surface area contributed by atoms with E-state index in [9.17, 15) is 9.59 Å². The molecule has 0 spiro atoms. The number of anilines is 1. The van der Waals surface area contributed by atoms with Gasteiger partial charge in [0.05, 0.1) is 18.0 Å². The van der Waals surface area contributed by atoms with Gasteiger partial charge in [-0.3, -0.25) is 9.69 Å².